The lowest BCUT2D eigenvalue weighted by Gasteiger charge is -2.30. The molecule has 3 aliphatic rings. The van der Waals surface area contributed by atoms with E-state index in [9.17, 15) is 29.3 Å². The maximum Gasteiger partial charge on any atom is 0.273 e. The summed E-state index contributed by atoms with van der Waals surface area (Å²) < 4.78 is 0. The molecule has 0 radical (unpaired) electrons. The summed E-state index contributed by atoms with van der Waals surface area (Å²) in [5.41, 5.74) is -0.0523. The van der Waals surface area contributed by atoms with Crippen LogP contribution in [0, 0.1) is 33.8 Å². The summed E-state index contributed by atoms with van der Waals surface area (Å²) >= 11 is 0. The van der Waals surface area contributed by atoms with E-state index in [1.807, 2.05) is 0 Å². The number of Topliss-reactive ketones (excluding diaryl/α,β-unsaturated/α-hetero) is 1. The average molecular weight is 447 g/mol. The Morgan fingerprint density at radius 2 is 1.55 bits per heavy atom. The molecule has 0 aromatic heterocycles. The van der Waals surface area contributed by atoms with Gasteiger partial charge < -0.3 is 0 Å². The highest BCUT2D eigenvalue weighted by Gasteiger charge is 2.62. The van der Waals surface area contributed by atoms with Gasteiger partial charge in [0.2, 0.25) is 0 Å². The maximum absolute atomic E-state index is 13.5. The molecule has 9 heteroatoms. The van der Waals surface area contributed by atoms with E-state index in [-0.39, 0.29) is 23.1 Å². The first-order chi connectivity index (χ1) is 15.9. The predicted octanol–water partition coefficient (Wildman–Crippen LogP) is 2.87. The van der Waals surface area contributed by atoms with Gasteiger partial charge in [0.05, 0.1) is 16.8 Å². The molecule has 2 bridgehead atoms. The fraction of sp³-hybridized carbons (Fsp3) is 0.333. The lowest BCUT2D eigenvalue weighted by atomic mass is 9.81. The number of non-ortho nitro benzene ring substituents is 1. The van der Waals surface area contributed by atoms with Gasteiger partial charge in [0.1, 0.15) is 6.54 Å². The smallest absolute Gasteiger partial charge is 0.273 e. The molecule has 4 atom stereocenters. The van der Waals surface area contributed by atoms with Crippen molar-refractivity contribution in [1.82, 2.24) is 10.0 Å². The average Bonchev–Trinajstić information content (AvgIpc) is 3.51. The number of amides is 3. The largest absolute Gasteiger partial charge is 0.292 e. The minimum Gasteiger partial charge on any atom is -0.292 e. The van der Waals surface area contributed by atoms with Crippen LogP contribution in [0.15, 0.2) is 54.6 Å². The second-order valence-electron chi connectivity index (χ2n) is 8.83. The van der Waals surface area contributed by atoms with Crippen LogP contribution in [0.3, 0.4) is 0 Å². The molecule has 1 heterocycles. The van der Waals surface area contributed by atoms with E-state index < -0.39 is 46.8 Å². The SMILES string of the molecule is O=C(CN(C(=O)c1cccc([N+](=O)[O-])c1)N1C(=O)[C@@H]2[C@H]3CC[C@@H](C3)[C@@H]2C1=O)c1ccccc1. The van der Waals surface area contributed by atoms with E-state index in [2.05, 4.69) is 0 Å². The standard InChI is InChI=1S/C24H21N3O6/c28-19(14-5-2-1-3-6-14)13-25(22(29)17-7-4-8-18(12-17)27(32)33)26-23(30)20-15-9-10-16(11-15)21(20)24(26)31/h1-8,12,15-16,20-21H,9-11,13H2/t15-,16-,20-,21+/m0/s1. The highest BCUT2D eigenvalue weighted by molar-refractivity contribution is 6.10. The zero-order chi connectivity index (χ0) is 23.3. The molecule has 0 N–H and O–H groups in total. The van der Waals surface area contributed by atoms with Gasteiger partial charge in [-0.3, -0.25) is 29.3 Å². The first kappa shape index (κ1) is 21.0. The van der Waals surface area contributed by atoms with Gasteiger partial charge in [-0.25, -0.2) is 5.01 Å². The molecule has 2 aliphatic carbocycles. The fourth-order valence-corrected chi connectivity index (χ4v) is 5.62. The molecule has 2 aromatic carbocycles. The lowest BCUT2D eigenvalue weighted by Crippen LogP contribution is -2.52. The van der Waals surface area contributed by atoms with Crippen molar-refractivity contribution in [3.63, 3.8) is 0 Å². The van der Waals surface area contributed by atoms with Gasteiger partial charge in [-0.1, -0.05) is 36.4 Å². The minimum absolute atomic E-state index is 0.0781. The molecule has 1 saturated heterocycles. The molecular formula is C24H21N3O6. The summed E-state index contributed by atoms with van der Waals surface area (Å²) in [6.45, 7) is -0.530. The van der Waals surface area contributed by atoms with E-state index in [1.165, 1.54) is 18.2 Å². The number of fused-ring (bicyclic) bond motifs is 5. The molecule has 3 fully saturated rings. The van der Waals surface area contributed by atoms with Crippen molar-refractivity contribution in [3.8, 4) is 0 Å². The van der Waals surface area contributed by atoms with Crippen molar-refractivity contribution in [1.29, 1.82) is 0 Å². The number of rotatable bonds is 6. The Hall–Kier alpha value is -3.88. The normalized spacial score (nSPS) is 25.3. The Balaban J connectivity index is 1.52. The van der Waals surface area contributed by atoms with Crippen LogP contribution in [0.1, 0.15) is 40.0 Å². The Morgan fingerprint density at radius 3 is 2.15 bits per heavy atom. The zero-order valence-electron chi connectivity index (χ0n) is 17.6. The second kappa shape index (κ2) is 7.91. The Bertz CT molecular complexity index is 1150. The molecule has 1 aliphatic heterocycles. The fourth-order valence-electron chi connectivity index (χ4n) is 5.62. The van der Waals surface area contributed by atoms with Gasteiger partial charge in [0.15, 0.2) is 5.78 Å². The topological polar surface area (TPSA) is 118 Å². The first-order valence-corrected chi connectivity index (χ1v) is 10.9. The summed E-state index contributed by atoms with van der Waals surface area (Å²) in [7, 11) is 0. The number of nitro benzene ring substituents is 1. The summed E-state index contributed by atoms with van der Waals surface area (Å²) in [5, 5.41) is 12.9. The van der Waals surface area contributed by atoms with Crippen LogP contribution < -0.4 is 0 Å². The molecule has 0 unspecified atom stereocenters. The zero-order valence-corrected chi connectivity index (χ0v) is 17.6. The van der Waals surface area contributed by atoms with Gasteiger partial charge in [-0.05, 0) is 37.2 Å². The Labute approximate surface area is 189 Å². The summed E-state index contributed by atoms with van der Waals surface area (Å²) in [4.78, 5) is 63.7. The van der Waals surface area contributed by atoms with Crippen LogP contribution >= 0.6 is 0 Å². The van der Waals surface area contributed by atoms with Crippen LogP contribution in [0.4, 0.5) is 5.69 Å². The molecule has 3 amide bonds. The monoisotopic (exact) mass is 447 g/mol. The first-order valence-electron chi connectivity index (χ1n) is 10.9. The van der Waals surface area contributed by atoms with Crippen molar-refractivity contribution in [2.24, 2.45) is 23.7 Å². The summed E-state index contributed by atoms with van der Waals surface area (Å²) in [6.07, 6.45) is 2.59. The Morgan fingerprint density at radius 1 is 0.939 bits per heavy atom. The number of nitro groups is 1. The van der Waals surface area contributed by atoms with Crippen LogP contribution in [0.25, 0.3) is 0 Å². The predicted molar refractivity (Wildman–Crippen MR) is 115 cm³/mol. The molecule has 5 rings (SSSR count). The maximum atomic E-state index is 13.5. The van der Waals surface area contributed by atoms with Crippen LogP contribution in [0.5, 0.6) is 0 Å². The highest BCUT2D eigenvalue weighted by Crippen LogP contribution is 2.56. The van der Waals surface area contributed by atoms with Gasteiger partial charge in [-0.15, -0.1) is 0 Å². The van der Waals surface area contributed by atoms with Gasteiger partial charge in [-0.2, -0.15) is 5.01 Å². The van der Waals surface area contributed by atoms with Crippen molar-refractivity contribution in [3.05, 3.63) is 75.8 Å². The molecular weight excluding hydrogens is 426 g/mol. The molecule has 9 nitrogen and oxygen atoms in total. The minimum atomic E-state index is -0.808. The summed E-state index contributed by atoms with van der Waals surface area (Å²) in [6, 6.07) is 13.3. The van der Waals surface area contributed by atoms with E-state index in [0.29, 0.717) is 5.56 Å². The van der Waals surface area contributed by atoms with E-state index in [0.717, 1.165) is 35.3 Å². The van der Waals surface area contributed by atoms with E-state index in [4.69, 9.17) is 0 Å². The number of nitrogens with zero attached hydrogens (tertiary/aromatic N) is 3. The number of benzene rings is 2. The lowest BCUT2D eigenvalue weighted by molar-refractivity contribution is -0.384. The van der Waals surface area contributed by atoms with Crippen molar-refractivity contribution in [2.75, 3.05) is 6.54 Å². The van der Waals surface area contributed by atoms with Gasteiger partial charge >= 0.3 is 0 Å². The number of carbonyl (C=O) groups excluding carboxylic acids is 4. The highest BCUT2D eigenvalue weighted by atomic mass is 16.6. The van der Waals surface area contributed by atoms with Gasteiger partial charge in [0.25, 0.3) is 23.4 Å². The van der Waals surface area contributed by atoms with Crippen molar-refractivity contribution >= 4 is 29.2 Å². The van der Waals surface area contributed by atoms with Crippen LogP contribution in [0.2, 0.25) is 0 Å². The number of carbonyl (C=O) groups is 4. The van der Waals surface area contributed by atoms with Crippen molar-refractivity contribution < 1.29 is 24.1 Å². The third-order valence-corrected chi connectivity index (χ3v) is 7.07. The molecule has 33 heavy (non-hydrogen) atoms. The van der Waals surface area contributed by atoms with Crippen LogP contribution in [-0.2, 0) is 9.59 Å². The Kier molecular flexibility index (Phi) is 5.03. The number of hydrazine groups is 1. The third-order valence-electron chi connectivity index (χ3n) is 7.07. The number of hydrogen-bond acceptors (Lipinski definition) is 6. The van der Waals surface area contributed by atoms with Crippen molar-refractivity contribution in [2.45, 2.75) is 19.3 Å². The van der Waals surface area contributed by atoms with E-state index in [1.54, 1.807) is 30.3 Å². The number of imide groups is 1. The number of ketones is 1. The van der Waals surface area contributed by atoms with E-state index >= 15 is 0 Å². The molecule has 2 saturated carbocycles. The number of hydrogen-bond donors (Lipinski definition) is 0. The molecule has 168 valence electrons. The quantitative estimate of drug-likeness (QED) is 0.291. The van der Waals surface area contributed by atoms with Crippen LogP contribution in [-0.4, -0.2) is 45.0 Å². The second-order valence-corrected chi connectivity index (χ2v) is 8.83. The van der Waals surface area contributed by atoms with Gasteiger partial charge in [0, 0.05) is 23.3 Å². The molecule has 0 spiro atoms. The molecule has 2 aromatic rings. The summed E-state index contributed by atoms with van der Waals surface area (Å²) in [5.74, 6) is -2.89. The third kappa shape index (κ3) is 3.40.